The summed E-state index contributed by atoms with van der Waals surface area (Å²) in [7, 11) is 0. The molecule has 284 valence electrons. The van der Waals surface area contributed by atoms with Crippen molar-refractivity contribution in [3.05, 3.63) is 188 Å². The normalized spacial score (nSPS) is 11.9. The van der Waals surface area contributed by atoms with E-state index in [9.17, 15) is 0 Å². The third-order valence-corrected chi connectivity index (χ3v) is 11.9. The molecular weight excluding hydrogens is 751 g/mol. The maximum Gasteiger partial charge on any atom is 0.164 e. The summed E-state index contributed by atoms with van der Waals surface area (Å²) in [4.78, 5) is 15.5. The van der Waals surface area contributed by atoms with Crippen LogP contribution in [0.3, 0.4) is 0 Å². The molecule has 4 aromatic heterocycles. The molecule has 6 heteroatoms. The van der Waals surface area contributed by atoms with Gasteiger partial charge in [0.2, 0.25) is 0 Å². The van der Waals surface area contributed by atoms with Crippen molar-refractivity contribution in [1.29, 1.82) is 0 Å². The molecular formula is C55H31N3O3. The van der Waals surface area contributed by atoms with Crippen molar-refractivity contribution in [3.63, 3.8) is 0 Å². The van der Waals surface area contributed by atoms with Crippen molar-refractivity contribution in [2.75, 3.05) is 0 Å². The molecule has 0 fully saturated rings. The highest BCUT2D eigenvalue weighted by Gasteiger charge is 2.23. The standard InChI is InChI=1S/C55H31N3O3/c1-2-13-32(14-3-1)53-56-54(34-25-28-48-44(30-34)37-17-6-9-21-45(37)59-48)58-55(57-53)35-29-33-15-4-5-16-36(33)43(31-35)39-26-27-40(52-51(39)42-19-8-11-23-47(42)61-52)38-20-12-24-49-50(38)41-18-7-10-22-46(41)60-49/h1-31H. The van der Waals surface area contributed by atoms with Crippen LogP contribution in [0, 0.1) is 0 Å². The summed E-state index contributed by atoms with van der Waals surface area (Å²) in [5.41, 5.74) is 11.9. The first-order valence-electron chi connectivity index (χ1n) is 20.3. The molecule has 0 aliphatic heterocycles. The number of rotatable bonds is 5. The number of para-hydroxylation sites is 3. The van der Waals surface area contributed by atoms with Gasteiger partial charge in [0.1, 0.15) is 33.5 Å². The summed E-state index contributed by atoms with van der Waals surface area (Å²) in [5.74, 6) is 1.76. The Morgan fingerprint density at radius 2 is 0.836 bits per heavy atom. The second kappa shape index (κ2) is 13.1. The number of benzene rings is 9. The second-order valence-electron chi connectivity index (χ2n) is 15.5. The molecule has 0 aliphatic carbocycles. The molecule has 0 amide bonds. The monoisotopic (exact) mass is 781 g/mol. The van der Waals surface area contributed by atoms with Gasteiger partial charge in [-0.15, -0.1) is 0 Å². The Kier molecular flexibility index (Phi) is 7.21. The van der Waals surface area contributed by atoms with Crippen LogP contribution < -0.4 is 0 Å². The van der Waals surface area contributed by atoms with Gasteiger partial charge in [-0.1, -0.05) is 127 Å². The minimum absolute atomic E-state index is 0.580. The average Bonchev–Trinajstić information content (AvgIpc) is 4.03. The Labute approximate surface area is 348 Å². The van der Waals surface area contributed by atoms with Crippen LogP contribution in [0.4, 0.5) is 0 Å². The lowest BCUT2D eigenvalue weighted by Crippen LogP contribution is -2.00. The third-order valence-electron chi connectivity index (χ3n) is 11.9. The molecule has 0 bridgehead atoms. The van der Waals surface area contributed by atoms with Crippen LogP contribution in [0.15, 0.2) is 201 Å². The molecule has 0 saturated carbocycles. The number of hydrogen-bond donors (Lipinski definition) is 0. The van der Waals surface area contributed by atoms with Crippen molar-refractivity contribution in [3.8, 4) is 56.4 Å². The van der Waals surface area contributed by atoms with E-state index in [0.717, 1.165) is 116 Å². The van der Waals surface area contributed by atoms with Gasteiger partial charge in [-0.3, -0.25) is 0 Å². The molecule has 0 spiro atoms. The van der Waals surface area contributed by atoms with Gasteiger partial charge in [-0.25, -0.2) is 15.0 Å². The van der Waals surface area contributed by atoms with Crippen LogP contribution in [0.5, 0.6) is 0 Å². The summed E-state index contributed by atoms with van der Waals surface area (Å²) >= 11 is 0. The minimum Gasteiger partial charge on any atom is -0.456 e. The predicted octanol–water partition coefficient (Wildman–Crippen LogP) is 15.1. The average molecular weight is 782 g/mol. The Hall–Kier alpha value is -8.35. The van der Waals surface area contributed by atoms with E-state index in [-0.39, 0.29) is 0 Å². The van der Waals surface area contributed by atoms with Gasteiger partial charge in [0.05, 0.1) is 0 Å². The smallest absolute Gasteiger partial charge is 0.164 e. The molecule has 13 aromatic rings. The van der Waals surface area contributed by atoms with E-state index >= 15 is 0 Å². The minimum atomic E-state index is 0.580. The first-order valence-corrected chi connectivity index (χ1v) is 20.3. The third kappa shape index (κ3) is 5.26. The zero-order chi connectivity index (χ0) is 40.0. The van der Waals surface area contributed by atoms with Gasteiger partial charge in [-0.2, -0.15) is 0 Å². The SMILES string of the molecule is c1ccc(-c2nc(-c3cc(-c4ccc(-c5cccc6oc7ccccc7c56)c5oc6ccccc6c45)c4ccccc4c3)nc(-c3ccc4oc5ccccc5c4c3)n2)cc1. The number of nitrogens with zero attached hydrogens (tertiary/aromatic N) is 3. The zero-order valence-electron chi connectivity index (χ0n) is 32.5. The fourth-order valence-electron chi connectivity index (χ4n) is 9.14. The number of furan rings is 3. The van der Waals surface area contributed by atoms with Crippen LogP contribution in [-0.4, -0.2) is 15.0 Å². The molecule has 9 aromatic carbocycles. The lowest BCUT2D eigenvalue weighted by Gasteiger charge is -2.14. The quantitative estimate of drug-likeness (QED) is 0.173. The summed E-state index contributed by atoms with van der Waals surface area (Å²) in [5, 5.41) is 8.49. The Morgan fingerprint density at radius 1 is 0.279 bits per heavy atom. The van der Waals surface area contributed by atoms with Gasteiger partial charge in [0.25, 0.3) is 0 Å². The Morgan fingerprint density at radius 3 is 1.64 bits per heavy atom. The second-order valence-corrected chi connectivity index (χ2v) is 15.5. The lowest BCUT2D eigenvalue weighted by atomic mass is 9.89. The van der Waals surface area contributed by atoms with Crippen LogP contribution in [0.25, 0.3) is 133 Å². The van der Waals surface area contributed by atoms with Crippen molar-refractivity contribution in [2.24, 2.45) is 0 Å². The van der Waals surface area contributed by atoms with Gasteiger partial charge in [-0.05, 0) is 88.1 Å². The van der Waals surface area contributed by atoms with E-state index in [1.54, 1.807) is 0 Å². The van der Waals surface area contributed by atoms with Crippen LogP contribution in [-0.2, 0) is 0 Å². The Balaban J connectivity index is 1.05. The topological polar surface area (TPSA) is 78.1 Å². The summed E-state index contributed by atoms with van der Waals surface area (Å²) in [6, 6.07) is 64.5. The van der Waals surface area contributed by atoms with Gasteiger partial charge >= 0.3 is 0 Å². The fourth-order valence-corrected chi connectivity index (χ4v) is 9.14. The highest BCUT2D eigenvalue weighted by molar-refractivity contribution is 6.22. The molecule has 0 aliphatic rings. The lowest BCUT2D eigenvalue weighted by molar-refractivity contribution is 0.668. The van der Waals surface area contributed by atoms with E-state index in [2.05, 4.69) is 97.1 Å². The molecule has 4 heterocycles. The predicted molar refractivity (Wildman–Crippen MR) is 246 cm³/mol. The van der Waals surface area contributed by atoms with E-state index in [1.807, 2.05) is 91.0 Å². The van der Waals surface area contributed by atoms with Gasteiger partial charge < -0.3 is 13.3 Å². The van der Waals surface area contributed by atoms with Crippen LogP contribution >= 0.6 is 0 Å². The van der Waals surface area contributed by atoms with Crippen LogP contribution in [0.1, 0.15) is 0 Å². The van der Waals surface area contributed by atoms with Gasteiger partial charge in [0.15, 0.2) is 17.5 Å². The molecule has 61 heavy (non-hydrogen) atoms. The maximum absolute atomic E-state index is 6.88. The first-order chi connectivity index (χ1) is 30.2. The first kappa shape index (κ1) is 33.6. The molecule has 0 unspecified atom stereocenters. The highest BCUT2D eigenvalue weighted by atomic mass is 16.3. The van der Waals surface area contributed by atoms with Crippen molar-refractivity contribution < 1.29 is 13.3 Å². The van der Waals surface area contributed by atoms with E-state index in [4.69, 9.17) is 28.2 Å². The number of aromatic nitrogens is 3. The summed E-state index contributed by atoms with van der Waals surface area (Å²) in [6.07, 6.45) is 0. The molecule has 0 radical (unpaired) electrons. The molecule has 0 N–H and O–H groups in total. The van der Waals surface area contributed by atoms with Crippen molar-refractivity contribution >= 4 is 76.6 Å². The molecule has 6 nitrogen and oxygen atoms in total. The highest BCUT2D eigenvalue weighted by Crippen LogP contribution is 2.47. The molecule has 0 atom stereocenters. The van der Waals surface area contributed by atoms with Crippen molar-refractivity contribution in [1.82, 2.24) is 15.0 Å². The fraction of sp³-hybridized carbons (Fsp3) is 0. The summed E-state index contributed by atoms with van der Waals surface area (Å²) in [6.45, 7) is 0. The molecule has 13 rings (SSSR count). The maximum atomic E-state index is 6.88. The van der Waals surface area contributed by atoms with Crippen molar-refractivity contribution in [2.45, 2.75) is 0 Å². The van der Waals surface area contributed by atoms with Crippen LogP contribution in [0.2, 0.25) is 0 Å². The zero-order valence-corrected chi connectivity index (χ0v) is 32.5. The van der Waals surface area contributed by atoms with E-state index in [1.165, 1.54) is 0 Å². The van der Waals surface area contributed by atoms with E-state index < -0.39 is 0 Å². The van der Waals surface area contributed by atoms with Gasteiger partial charge in [0, 0.05) is 54.6 Å². The Bertz CT molecular complexity index is 3900. The number of hydrogen-bond acceptors (Lipinski definition) is 6. The van der Waals surface area contributed by atoms with E-state index in [0.29, 0.717) is 17.5 Å². The number of fused-ring (bicyclic) bond motifs is 10. The summed E-state index contributed by atoms with van der Waals surface area (Å²) < 4.78 is 19.4. The molecule has 0 saturated heterocycles. The largest absolute Gasteiger partial charge is 0.456 e.